The lowest BCUT2D eigenvalue weighted by atomic mass is 9.99. The predicted octanol–water partition coefficient (Wildman–Crippen LogP) is 0.00790. The van der Waals surface area contributed by atoms with Gasteiger partial charge in [0.25, 0.3) is 0 Å². The Kier molecular flexibility index (Phi) is 5.04. The van der Waals surface area contributed by atoms with Gasteiger partial charge in [0.05, 0.1) is 0 Å². The zero-order chi connectivity index (χ0) is 12.0. The monoisotopic (exact) mass is 229 g/mol. The van der Waals surface area contributed by atoms with Gasteiger partial charge < -0.3 is 20.6 Å². The van der Waals surface area contributed by atoms with Crippen LogP contribution in [0.5, 0.6) is 0 Å². The Balaban J connectivity index is 2.34. The number of ether oxygens (including phenoxy) is 1. The van der Waals surface area contributed by atoms with Gasteiger partial charge in [-0.15, -0.1) is 0 Å². The van der Waals surface area contributed by atoms with E-state index in [0.717, 1.165) is 12.8 Å². The van der Waals surface area contributed by atoms with Gasteiger partial charge in [0, 0.05) is 39.1 Å². The Hall–Kier alpha value is -1.30. The summed E-state index contributed by atoms with van der Waals surface area (Å²) < 4.78 is 5.20. The average Bonchev–Trinajstić information content (AvgIpc) is 2.35. The first-order chi connectivity index (χ1) is 7.65. The minimum Gasteiger partial charge on any atom is -0.409 e. The van der Waals surface area contributed by atoms with Crippen LogP contribution in [0.4, 0.5) is 0 Å². The maximum atomic E-state index is 11.9. The fraction of sp³-hybridized carbons (Fsp3) is 0.800. The third-order valence-electron chi connectivity index (χ3n) is 2.78. The lowest BCUT2D eigenvalue weighted by Gasteiger charge is -2.26. The molecule has 0 atom stereocenters. The summed E-state index contributed by atoms with van der Waals surface area (Å²) in [6.45, 7) is 1.79. The maximum absolute atomic E-state index is 11.9. The van der Waals surface area contributed by atoms with Crippen LogP contribution in [-0.4, -0.2) is 48.7 Å². The lowest BCUT2D eigenvalue weighted by molar-refractivity contribution is -0.137. The van der Waals surface area contributed by atoms with Crippen LogP contribution >= 0.6 is 0 Å². The van der Waals surface area contributed by atoms with E-state index in [1.165, 1.54) is 0 Å². The first kappa shape index (κ1) is 12.8. The van der Waals surface area contributed by atoms with Gasteiger partial charge >= 0.3 is 0 Å². The molecule has 1 amide bonds. The van der Waals surface area contributed by atoms with Gasteiger partial charge in [-0.3, -0.25) is 4.79 Å². The fourth-order valence-electron chi connectivity index (χ4n) is 1.70. The van der Waals surface area contributed by atoms with Crippen LogP contribution in [0.1, 0.15) is 19.3 Å². The van der Waals surface area contributed by atoms with Crippen LogP contribution in [0.15, 0.2) is 5.16 Å². The first-order valence-corrected chi connectivity index (χ1v) is 5.44. The Morgan fingerprint density at radius 2 is 2.19 bits per heavy atom. The standard InChI is InChI=1S/C10H19N3O3/c1-13(5-2-9(11)12-15)10(14)8-3-6-16-7-4-8/h8,15H,2-7H2,1H3,(H2,11,12). The molecule has 1 heterocycles. The Labute approximate surface area is 95.0 Å². The van der Waals surface area contributed by atoms with Crippen molar-refractivity contribution in [1.82, 2.24) is 4.90 Å². The van der Waals surface area contributed by atoms with Crippen LogP contribution in [0.2, 0.25) is 0 Å². The Morgan fingerprint density at radius 1 is 1.56 bits per heavy atom. The molecule has 1 aliphatic heterocycles. The van der Waals surface area contributed by atoms with Crippen LogP contribution < -0.4 is 5.73 Å². The van der Waals surface area contributed by atoms with Crippen LogP contribution in [-0.2, 0) is 9.53 Å². The molecule has 0 radical (unpaired) electrons. The van der Waals surface area contributed by atoms with Gasteiger partial charge in [-0.25, -0.2) is 0 Å². The second kappa shape index (κ2) is 6.32. The van der Waals surface area contributed by atoms with Gasteiger partial charge in [-0.2, -0.15) is 0 Å². The summed E-state index contributed by atoms with van der Waals surface area (Å²) in [6, 6.07) is 0. The molecule has 16 heavy (non-hydrogen) atoms. The van der Waals surface area contributed by atoms with E-state index in [4.69, 9.17) is 15.7 Å². The number of nitrogens with two attached hydrogens (primary N) is 1. The number of hydrogen-bond acceptors (Lipinski definition) is 4. The van der Waals surface area contributed by atoms with Crippen molar-refractivity contribution in [3.63, 3.8) is 0 Å². The molecule has 0 aromatic carbocycles. The molecule has 1 fully saturated rings. The molecule has 0 aromatic heterocycles. The summed E-state index contributed by atoms with van der Waals surface area (Å²) >= 11 is 0. The molecule has 6 nitrogen and oxygen atoms in total. The van der Waals surface area contributed by atoms with Crippen molar-refractivity contribution in [3.05, 3.63) is 0 Å². The largest absolute Gasteiger partial charge is 0.409 e. The highest BCUT2D eigenvalue weighted by molar-refractivity contribution is 5.82. The number of amides is 1. The van der Waals surface area contributed by atoms with Crippen LogP contribution in [0.25, 0.3) is 0 Å². The normalized spacial score (nSPS) is 18.4. The Morgan fingerprint density at radius 3 is 2.75 bits per heavy atom. The van der Waals surface area contributed by atoms with E-state index in [1.54, 1.807) is 11.9 Å². The van der Waals surface area contributed by atoms with E-state index in [-0.39, 0.29) is 17.7 Å². The molecule has 3 N–H and O–H groups in total. The number of amidine groups is 1. The van der Waals surface area contributed by atoms with E-state index < -0.39 is 0 Å². The number of rotatable bonds is 4. The third kappa shape index (κ3) is 3.69. The SMILES string of the molecule is CN(CCC(N)=NO)C(=O)C1CCOCC1. The molecule has 1 aliphatic rings. The summed E-state index contributed by atoms with van der Waals surface area (Å²) in [5.41, 5.74) is 5.34. The molecule has 0 aliphatic carbocycles. The van der Waals surface area contributed by atoms with Crippen LogP contribution in [0.3, 0.4) is 0 Å². The fourth-order valence-corrected chi connectivity index (χ4v) is 1.70. The van der Waals surface area contributed by atoms with E-state index in [9.17, 15) is 4.79 Å². The average molecular weight is 229 g/mol. The van der Waals surface area contributed by atoms with E-state index >= 15 is 0 Å². The van der Waals surface area contributed by atoms with Gasteiger partial charge in [0.15, 0.2) is 0 Å². The van der Waals surface area contributed by atoms with Gasteiger partial charge in [0.2, 0.25) is 5.91 Å². The van der Waals surface area contributed by atoms with Crippen molar-refractivity contribution < 1.29 is 14.7 Å². The zero-order valence-electron chi connectivity index (χ0n) is 9.56. The van der Waals surface area contributed by atoms with Gasteiger partial charge in [-0.1, -0.05) is 5.16 Å². The smallest absolute Gasteiger partial charge is 0.225 e. The van der Waals surface area contributed by atoms with Crippen molar-refractivity contribution in [2.45, 2.75) is 19.3 Å². The topological polar surface area (TPSA) is 88.1 Å². The van der Waals surface area contributed by atoms with Crippen molar-refractivity contribution in [2.75, 3.05) is 26.8 Å². The summed E-state index contributed by atoms with van der Waals surface area (Å²) in [5.74, 6) is 0.326. The van der Waals surface area contributed by atoms with Gasteiger partial charge in [-0.05, 0) is 12.8 Å². The molecule has 1 saturated heterocycles. The molecule has 0 aromatic rings. The van der Waals surface area contributed by atoms with E-state index in [1.807, 2.05) is 0 Å². The molecule has 0 unspecified atom stereocenters. The molecular formula is C10H19N3O3. The van der Waals surface area contributed by atoms with Gasteiger partial charge in [0.1, 0.15) is 5.84 Å². The Bertz CT molecular complexity index is 262. The third-order valence-corrected chi connectivity index (χ3v) is 2.78. The number of carbonyl (C=O) groups is 1. The zero-order valence-corrected chi connectivity index (χ0v) is 9.56. The summed E-state index contributed by atoms with van der Waals surface area (Å²) in [6.07, 6.45) is 1.96. The number of oxime groups is 1. The number of hydrogen-bond donors (Lipinski definition) is 2. The first-order valence-electron chi connectivity index (χ1n) is 5.44. The molecule has 0 spiro atoms. The number of nitrogens with zero attached hydrogens (tertiary/aromatic N) is 2. The second-order valence-electron chi connectivity index (χ2n) is 3.99. The number of carbonyl (C=O) groups excluding carboxylic acids is 1. The molecule has 6 heteroatoms. The minimum atomic E-state index is 0.0611. The quantitative estimate of drug-likeness (QED) is 0.307. The summed E-state index contributed by atoms with van der Waals surface area (Å²) in [5, 5.41) is 11.2. The minimum absolute atomic E-state index is 0.0611. The molecule has 0 saturated carbocycles. The van der Waals surface area contributed by atoms with E-state index in [2.05, 4.69) is 5.16 Å². The second-order valence-corrected chi connectivity index (χ2v) is 3.99. The van der Waals surface area contributed by atoms with Crippen molar-refractivity contribution in [3.8, 4) is 0 Å². The molecular weight excluding hydrogens is 210 g/mol. The lowest BCUT2D eigenvalue weighted by Crippen LogP contribution is -2.37. The summed E-state index contributed by atoms with van der Waals surface area (Å²) in [7, 11) is 1.74. The molecule has 1 rings (SSSR count). The maximum Gasteiger partial charge on any atom is 0.225 e. The highest BCUT2D eigenvalue weighted by Crippen LogP contribution is 2.16. The molecule has 92 valence electrons. The van der Waals surface area contributed by atoms with Crippen LogP contribution in [0, 0.1) is 5.92 Å². The predicted molar refractivity (Wildman–Crippen MR) is 59.2 cm³/mol. The van der Waals surface area contributed by atoms with Crippen molar-refractivity contribution >= 4 is 11.7 Å². The molecule has 0 bridgehead atoms. The van der Waals surface area contributed by atoms with Crippen molar-refractivity contribution in [1.29, 1.82) is 0 Å². The van der Waals surface area contributed by atoms with E-state index in [0.29, 0.717) is 26.2 Å². The highest BCUT2D eigenvalue weighted by atomic mass is 16.5. The highest BCUT2D eigenvalue weighted by Gasteiger charge is 2.24. The van der Waals surface area contributed by atoms with Crippen molar-refractivity contribution in [2.24, 2.45) is 16.8 Å². The summed E-state index contributed by atoms with van der Waals surface area (Å²) in [4.78, 5) is 13.6.